The van der Waals surface area contributed by atoms with Gasteiger partial charge in [-0.15, -0.1) is 0 Å². The van der Waals surface area contributed by atoms with Crippen LogP contribution in [0.3, 0.4) is 0 Å². The van der Waals surface area contributed by atoms with Crippen molar-refractivity contribution in [3.63, 3.8) is 0 Å². The second kappa shape index (κ2) is 6.22. The third kappa shape index (κ3) is 3.08. The predicted octanol–water partition coefficient (Wildman–Crippen LogP) is 1.73. The second-order valence-corrected chi connectivity index (χ2v) is 6.31. The molecular formula is C16H25N5O. The molecule has 0 saturated carbocycles. The molecule has 0 aliphatic carbocycles. The summed E-state index contributed by atoms with van der Waals surface area (Å²) in [6.45, 7) is 11.4. The van der Waals surface area contributed by atoms with Gasteiger partial charge in [0.2, 0.25) is 0 Å². The van der Waals surface area contributed by atoms with E-state index in [-0.39, 0.29) is 0 Å². The molecule has 120 valence electrons. The van der Waals surface area contributed by atoms with Crippen molar-refractivity contribution in [2.75, 3.05) is 19.6 Å². The topological polar surface area (TPSA) is 50.3 Å². The highest BCUT2D eigenvalue weighted by Gasteiger charge is 2.25. The van der Waals surface area contributed by atoms with Crippen LogP contribution >= 0.6 is 0 Å². The zero-order valence-corrected chi connectivity index (χ0v) is 13.9. The molecule has 2 aromatic rings. The molecule has 2 aromatic heterocycles. The number of aromatic nitrogens is 3. The van der Waals surface area contributed by atoms with Gasteiger partial charge in [-0.05, 0) is 20.8 Å². The zero-order valence-electron chi connectivity index (χ0n) is 13.9. The van der Waals surface area contributed by atoms with Gasteiger partial charge < -0.3 is 9.09 Å². The van der Waals surface area contributed by atoms with E-state index in [4.69, 9.17) is 4.52 Å². The molecule has 0 N–H and O–H groups in total. The van der Waals surface area contributed by atoms with Gasteiger partial charge in [0, 0.05) is 57.2 Å². The first kappa shape index (κ1) is 15.2. The van der Waals surface area contributed by atoms with Gasteiger partial charge in [-0.2, -0.15) is 0 Å². The van der Waals surface area contributed by atoms with Crippen molar-refractivity contribution in [2.24, 2.45) is 7.05 Å². The zero-order chi connectivity index (χ0) is 15.7. The molecule has 1 aliphatic heterocycles. The fraction of sp³-hybridized carbons (Fsp3) is 0.625. The molecular weight excluding hydrogens is 278 g/mol. The monoisotopic (exact) mass is 303 g/mol. The third-order valence-corrected chi connectivity index (χ3v) is 4.68. The lowest BCUT2D eigenvalue weighted by Crippen LogP contribution is -2.51. The van der Waals surface area contributed by atoms with Crippen LogP contribution in [0.4, 0.5) is 0 Å². The van der Waals surface area contributed by atoms with Crippen LogP contribution < -0.4 is 0 Å². The van der Waals surface area contributed by atoms with E-state index < -0.39 is 0 Å². The van der Waals surface area contributed by atoms with E-state index in [9.17, 15) is 0 Å². The van der Waals surface area contributed by atoms with Crippen LogP contribution in [0.2, 0.25) is 0 Å². The Morgan fingerprint density at radius 2 is 2.09 bits per heavy atom. The molecule has 0 radical (unpaired) electrons. The van der Waals surface area contributed by atoms with E-state index in [1.165, 1.54) is 5.56 Å². The van der Waals surface area contributed by atoms with Crippen molar-refractivity contribution < 1.29 is 4.52 Å². The molecule has 1 aliphatic rings. The lowest BCUT2D eigenvalue weighted by molar-refractivity contribution is 0.0704. The third-order valence-electron chi connectivity index (χ3n) is 4.68. The first-order chi connectivity index (χ1) is 10.5. The molecule has 0 spiro atoms. The summed E-state index contributed by atoms with van der Waals surface area (Å²) in [5.41, 5.74) is 2.25. The lowest BCUT2D eigenvalue weighted by Gasteiger charge is -2.39. The van der Waals surface area contributed by atoms with Gasteiger partial charge in [0.05, 0.1) is 12.2 Å². The van der Waals surface area contributed by atoms with E-state index >= 15 is 0 Å². The van der Waals surface area contributed by atoms with Crippen molar-refractivity contribution >= 4 is 0 Å². The summed E-state index contributed by atoms with van der Waals surface area (Å²) >= 11 is 0. The molecule has 0 bridgehead atoms. The van der Waals surface area contributed by atoms with Gasteiger partial charge >= 0.3 is 0 Å². The van der Waals surface area contributed by atoms with Crippen LogP contribution in [0.15, 0.2) is 16.9 Å². The Morgan fingerprint density at radius 3 is 2.68 bits per heavy atom. The SMILES string of the molecule is Cc1noc(C)c1CN1CCN(Cc2nccn2C)[C@@H](C)C1. The number of imidazole rings is 1. The van der Waals surface area contributed by atoms with E-state index in [1.54, 1.807) is 0 Å². The summed E-state index contributed by atoms with van der Waals surface area (Å²) in [5, 5.41) is 4.05. The molecule has 6 heteroatoms. The first-order valence-electron chi connectivity index (χ1n) is 7.89. The highest BCUT2D eigenvalue weighted by atomic mass is 16.5. The summed E-state index contributed by atoms with van der Waals surface area (Å²) in [6, 6.07) is 0.519. The van der Waals surface area contributed by atoms with Crippen LogP contribution in [-0.2, 0) is 20.1 Å². The molecule has 1 fully saturated rings. The van der Waals surface area contributed by atoms with Gasteiger partial charge in [0.15, 0.2) is 0 Å². The standard InChI is InChI=1S/C16H25N5O/c1-12-9-20(10-15-13(2)18-22-14(15)3)7-8-21(12)11-16-17-5-6-19(16)4/h5-6,12H,7-11H2,1-4H3/t12-/m0/s1. The Bertz CT molecular complexity index is 613. The molecule has 1 atom stereocenters. The summed E-state index contributed by atoms with van der Waals surface area (Å²) < 4.78 is 7.37. The molecule has 1 saturated heterocycles. The van der Waals surface area contributed by atoms with Crippen LogP contribution in [0.1, 0.15) is 29.8 Å². The van der Waals surface area contributed by atoms with Gasteiger partial charge in [-0.1, -0.05) is 5.16 Å². The van der Waals surface area contributed by atoms with E-state index in [0.29, 0.717) is 6.04 Å². The maximum atomic E-state index is 5.27. The van der Waals surface area contributed by atoms with Gasteiger partial charge in [-0.3, -0.25) is 9.80 Å². The van der Waals surface area contributed by atoms with Crippen molar-refractivity contribution in [3.05, 3.63) is 35.2 Å². The summed E-state index contributed by atoms with van der Waals surface area (Å²) in [6.07, 6.45) is 3.88. The Kier molecular flexibility index (Phi) is 4.31. The molecule has 22 heavy (non-hydrogen) atoms. The number of hydrogen-bond acceptors (Lipinski definition) is 5. The molecule has 0 amide bonds. The summed E-state index contributed by atoms with van der Waals surface area (Å²) in [7, 11) is 2.06. The van der Waals surface area contributed by atoms with Crippen LogP contribution in [0.25, 0.3) is 0 Å². The Hall–Kier alpha value is -1.66. The highest BCUT2D eigenvalue weighted by Crippen LogP contribution is 2.19. The van der Waals surface area contributed by atoms with Gasteiger partial charge in [0.25, 0.3) is 0 Å². The predicted molar refractivity (Wildman–Crippen MR) is 84.3 cm³/mol. The quantitative estimate of drug-likeness (QED) is 0.861. The Labute approximate surface area is 131 Å². The van der Waals surface area contributed by atoms with E-state index in [1.807, 2.05) is 26.2 Å². The summed E-state index contributed by atoms with van der Waals surface area (Å²) in [4.78, 5) is 9.43. The summed E-state index contributed by atoms with van der Waals surface area (Å²) in [5.74, 6) is 2.08. The van der Waals surface area contributed by atoms with Gasteiger partial charge in [-0.25, -0.2) is 4.98 Å². The fourth-order valence-electron chi connectivity index (χ4n) is 3.13. The number of piperazine rings is 1. The lowest BCUT2D eigenvalue weighted by atomic mass is 10.1. The number of rotatable bonds is 4. The number of nitrogens with zero attached hydrogens (tertiary/aromatic N) is 5. The molecule has 0 unspecified atom stereocenters. The van der Waals surface area contributed by atoms with Gasteiger partial charge in [0.1, 0.15) is 11.6 Å². The number of hydrogen-bond donors (Lipinski definition) is 0. The maximum Gasteiger partial charge on any atom is 0.138 e. The number of aryl methyl sites for hydroxylation is 3. The van der Waals surface area contributed by atoms with Crippen molar-refractivity contribution in [1.29, 1.82) is 0 Å². The minimum Gasteiger partial charge on any atom is -0.361 e. The first-order valence-corrected chi connectivity index (χ1v) is 7.89. The average Bonchev–Trinajstić information content (AvgIpc) is 3.02. The normalized spacial score (nSPS) is 20.6. The average molecular weight is 303 g/mol. The maximum absolute atomic E-state index is 5.27. The van der Waals surface area contributed by atoms with Crippen LogP contribution in [-0.4, -0.2) is 50.2 Å². The fourth-order valence-corrected chi connectivity index (χ4v) is 3.13. The minimum absolute atomic E-state index is 0.519. The van der Waals surface area contributed by atoms with Crippen molar-refractivity contribution in [1.82, 2.24) is 24.5 Å². The molecule has 3 rings (SSSR count). The molecule has 6 nitrogen and oxygen atoms in total. The second-order valence-electron chi connectivity index (χ2n) is 6.31. The van der Waals surface area contributed by atoms with Crippen LogP contribution in [0, 0.1) is 13.8 Å². The van der Waals surface area contributed by atoms with E-state index in [0.717, 1.165) is 50.0 Å². The minimum atomic E-state index is 0.519. The smallest absolute Gasteiger partial charge is 0.138 e. The Morgan fingerprint density at radius 1 is 1.27 bits per heavy atom. The Balaban J connectivity index is 1.59. The van der Waals surface area contributed by atoms with E-state index in [2.05, 4.69) is 38.5 Å². The molecule has 0 aromatic carbocycles. The van der Waals surface area contributed by atoms with Crippen molar-refractivity contribution in [3.8, 4) is 0 Å². The highest BCUT2D eigenvalue weighted by molar-refractivity contribution is 5.20. The largest absolute Gasteiger partial charge is 0.361 e. The van der Waals surface area contributed by atoms with Crippen LogP contribution in [0.5, 0.6) is 0 Å². The van der Waals surface area contributed by atoms with Crippen molar-refractivity contribution in [2.45, 2.75) is 39.9 Å². The molecule has 3 heterocycles.